The summed E-state index contributed by atoms with van der Waals surface area (Å²) >= 11 is 0. The Kier molecular flexibility index (Phi) is 6.87. The molecule has 176 valence electrons. The average Bonchev–Trinajstić information content (AvgIpc) is 2.75. The number of hydrogen-bond donors (Lipinski definition) is 1. The Balaban J connectivity index is 2.02. The maximum Gasteiger partial charge on any atom is 0.324 e. The van der Waals surface area contributed by atoms with Crippen LogP contribution in [0.4, 0.5) is 0 Å². The van der Waals surface area contributed by atoms with E-state index in [2.05, 4.69) is 4.72 Å². The van der Waals surface area contributed by atoms with E-state index in [9.17, 15) is 13.2 Å². The van der Waals surface area contributed by atoms with E-state index in [1.54, 1.807) is 38.1 Å². The molecule has 8 heteroatoms. The van der Waals surface area contributed by atoms with Gasteiger partial charge >= 0.3 is 5.97 Å². The van der Waals surface area contributed by atoms with Crippen LogP contribution < -0.4 is 9.46 Å². The number of benzene rings is 2. The number of sulfonamides is 1. The Morgan fingerprint density at radius 3 is 2.58 bits per heavy atom. The van der Waals surface area contributed by atoms with Crippen LogP contribution >= 0.6 is 0 Å². The molecule has 1 heterocycles. The highest BCUT2D eigenvalue weighted by atomic mass is 32.2. The van der Waals surface area contributed by atoms with E-state index in [-0.39, 0.29) is 16.9 Å². The molecule has 1 aliphatic rings. The van der Waals surface area contributed by atoms with Crippen molar-refractivity contribution in [2.45, 2.75) is 70.4 Å². The molecule has 1 atom stereocenters. The van der Waals surface area contributed by atoms with Gasteiger partial charge in [0.05, 0.1) is 23.6 Å². The zero-order valence-corrected chi connectivity index (χ0v) is 20.7. The summed E-state index contributed by atoms with van der Waals surface area (Å²) in [4.78, 5) is 12.7. The molecule has 3 rings (SSSR count). The van der Waals surface area contributed by atoms with Gasteiger partial charge in [0, 0.05) is 0 Å². The van der Waals surface area contributed by atoms with Crippen molar-refractivity contribution in [1.29, 1.82) is 5.26 Å². The number of carbonyl (C=O) groups is 1. The van der Waals surface area contributed by atoms with Crippen LogP contribution in [-0.4, -0.2) is 33.1 Å². The van der Waals surface area contributed by atoms with Crippen molar-refractivity contribution in [3.63, 3.8) is 0 Å². The Labute approximate surface area is 195 Å². The van der Waals surface area contributed by atoms with E-state index in [1.807, 2.05) is 26.8 Å². The van der Waals surface area contributed by atoms with Gasteiger partial charge in [0.2, 0.25) is 10.0 Å². The zero-order chi connectivity index (χ0) is 24.6. The molecule has 0 aromatic heterocycles. The molecule has 2 aromatic rings. The number of esters is 1. The topological polar surface area (TPSA) is 105 Å². The highest BCUT2D eigenvalue weighted by Crippen LogP contribution is 2.42. The quantitative estimate of drug-likeness (QED) is 0.646. The van der Waals surface area contributed by atoms with Crippen molar-refractivity contribution in [1.82, 2.24) is 4.72 Å². The molecule has 0 radical (unpaired) electrons. The summed E-state index contributed by atoms with van der Waals surface area (Å²) in [7, 11) is -2.85. The third-order valence-electron chi connectivity index (χ3n) is 6.21. The normalized spacial score (nSPS) is 15.7. The molecule has 0 bridgehead atoms. The second kappa shape index (κ2) is 9.16. The Bertz CT molecular complexity index is 1240. The number of hydrogen-bond acceptors (Lipinski definition) is 6. The highest BCUT2D eigenvalue weighted by molar-refractivity contribution is 7.89. The summed E-state index contributed by atoms with van der Waals surface area (Å²) < 4.78 is 40.8. The van der Waals surface area contributed by atoms with Crippen LogP contribution in [0.2, 0.25) is 0 Å². The van der Waals surface area contributed by atoms with Gasteiger partial charge in [-0.15, -0.1) is 0 Å². The lowest BCUT2D eigenvalue weighted by Gasteiger charge is -2.35. The second-order valence-electron chi connectivity index (χ2n) is 9.09. The minimum absolute atomic E-state index is 0.0563. The minimum Gasteiger partial charge on any atom is -0.487 e. The van der Waals surface area contributed by atoms with Crippen molar-refractivity contribution in [2.75, 3.05) is 7.11 Å². The van der Waals surface area contributed by atoms with E-state index in [0.717, 1.165) is 23.3 Å². The van der Waals surface area contributed by atoms with E-state index < -0.39 is 22.0 Å². The number of carbonyl (C=O) groups excluding carboxylic acids is 1. The van der Waals surface area contributed by atoms with Crippen molar-refractivity contribution in [3.05, 3.63) is 57.6 Å². The number of rotatable bonds is 6. The van der Waals surface area contributed by atoms with E-state index in [0.29, 0.717) is 28.7 Å². The summed E-state index contributed by atoms with van der Waals surface area (Å²) in [6.45, 7) is 9.44. The summed E-state index contributed by atoms with van der Waals surface area (Å²) in [6, 6.07) is 7.61. The van der Waals surface area contributed by atoms with Crippen LogP contribution in [0.15, 0.2) is 29.2 Å². The van der Waals surface area contributed by atoms with Gasteiger partial charge in [0.1, 0.15) is 17.4 Å². The molecule has 0 fully saturated rings. The van der Waals surface area contributed by atoms with Gasteiger partial charge < -0.3 is 9.47 Å². The van der Waals surface area contributed by atoms with Crippen LogP contribution in [0.1, 0.15) is 53.6 Å². The third kappa shape index (κ3) is 5.05. The van der Waals surface area contributed by atoms with Gasteiger partial charge in [-0.2, -0.15) is 9.98 Å². The van der Waals surface area contributed by atoms with Gasteiger partial charge in [0.15, 0.2) is 0 Å². The third-order valence-corrected chi connectivity index (χ3v) is 7.96. The minimum atomic E-state index is -4.07. The fraction of sp³-hybridized carbons (Fsp3) is 0.440. The Morgan fingerprint density at radius 1 is 1.24 bits per heavy atom. The predicted octanol–water partition coefficient (Wildman–Crippen LogP) is 3.65. The number of nitriles is 1. The van der Waals surface area contributed by atoms with Crippen LogP contribution in [0.3, 0.4) is 0 Å². The number of methoxy groups -OCH3 is 1. The first-order chi connectivity index (χ1) is 15.4. The molecule has 0 spiro atoms. The summed E-state index contributed by atoms with van der Waals surface area (Å²) in [5, 5.41) is 9.14. The Morgan fingerprint density at radius 2 is 1.94 bits per heavy atom. The highest BCUT2D eigenvalue weighted by Gasteiger charge is 2.35. The molecular weight excluding hydrogens is 440 g/mol. The zero-order valence-electron chi connectivity index (χ0n) is 19.9. The monoisotopic (exact) mass is 470 g/mol. The molecule has 2 aromatic carbocycles. The van der Waals surface area contributed by atoms with Crippen molar-refractivity contribution < 1.29 is 22.7 Å². The molecular formula is C25H30N2O5S. The molecule has 7 nitrogen and oxygen atoms in total. The van der Waals surface area contributed by atoms with Crippen molar-refractivity contribution in [3.8, 4) is 11.8 Å². The second-order valence-corrected chi connectivity index (χ2v) is 10.7. The average molecular weight is 471 g/mol. The standard InChI is InChI=1S/C25H30N2O5S/c1-15-16(2)23(17(3)20-10-11-25(4,5)32-22(15)20)33(29,30)27-21(24(28)31-6)13-18-8-7-9-19(12-18)14-26/h7-9,12,21,27H,10-11,13H2,1-6H3/t21-/m0/s1. The molecule has 0 unspecified atom stereocenters. The fourth-order valence-electron chi connectivity index (χ4n) is 4.32. The molecule has 1 aliphatic heterocycles. The van der Waals surface area contributed by atoms with E-state index >= 15 is 0 Å². The first-order valence-corrected chi connectivity index (χ1v) is 12.3. The summed E-state index contributed by atoms with van der Waals surface area (Å²) in [6.07, 6.45) is 1.54. The number of nitrogens with one attached hydrogen (secondary N) is 1. The molecule has 0 amide bonds. The lowest BCUT2D eigenvalue weighted by Crippen LogP contribution is -2.43. The maximum absolute atomic E-state index is 13.6. The SMILES string of the molecule is COC(=O)[C@H](Cc1cccc(C#N)c1)NS(=O)(=O)c1c(C)c(C)c2c(c1C)CCC(C)(C)O2. The van der Waals surface area contributed by atoms with Gasteiger partial charge in [-0.3, -0.25) is 4.79 Å². The number of ether oxygens (including phenoxy) is 2. The summed E-state index contributed by atoms with van der Waals surface area (Å²) in [5.74, 6) is 0.0500. The predicted molar refractivity (Wildman–Crippen MR) is 125 cm³/mol. The van der Waals surface area contributed by atoms with E-state index in [1.165, 1.54) is 7.11 Å². The first-order valence-electron chi connectivity index (χ1n) is 10.8. The van der Waals surface area contributed by atoms with Crippen LogP contribution in [0, 0.1) is 32.1 Å². The molecule has 0 aliphatic carbocycles. The van der Waals surface area contributed by atoms with Gasteiger partial charge in [-0.1, -0.05) is 12.1 Å². The molecule has 33 heavy (non-hydrogen) atoms. The summed E-state index contributed by atoms with van der Waals surface area (Å²) in [5.41, 5.74) is 3.65. The van der Waals surface area contributed by atoms with Gasteiger partial charge in [-0.25, -0.2) is 8.42 Å². The number of fused-ring (bicyclic) bond motifs is 1. The van der Waals surface area contributed by atoms with E-state index in [4.69, 9.17) is 14.7 Å². The maximum atomic E-state index is 13.6. The lowest BCUT2D eigenvalue weighted by molar-refractivity contribution is -0.142. The molecule has 0 saturated carbocycles. The van der Waals surface area contributed by atoms with Gasteiger partial charge in [-0.05, 0) is 93.8 Å². The van der Waals surface area contributed by atoms with Crippen LogP contribution in [-0.2, 0) is 32.4 Å². The lowest BCUT2D eigenvalue weighted by atomic mass is 9.88. The number of nitrogens with zero attached hydrogens (tertiary/aromatic N) is 1. The molecule has 1 N–H and O–H groups in total. The van der Waals surface area contributed by atoms with Crippen LogP contribution in [0.5, 0.6) is 5.75 Å². The smallest absolute Gasteiger partial charge is 0.324 e. The Hall–Kier alpha value is -2.89. The van der Waals surface area contributed by atoms with Crippen molar-refractivity contribution in [2.24, 2.45) is 0 Å². The fourth-order valence-corrected chi connectivity index (χ4v) is 6.07. The van der Waals surface area contributed by atoms with Crippen molar-refractivity contribution >= 4 is 16.0 Å². The molecule has 0 saturated heterocycles. The van der Waals surface area contributed by atoms with Gasteiger partial charge in [0.25, 0.3) is 0 Å². The largest absolute Gasteiger partial charge is 0.487 e. The first kappa shape index (κ1) is 24.7. The van der Waals surface area contributed by atoms with Crippen LogP contribution in [0.25, 0.3) is 0 Å².